The summed E-state index contributed by atoms with van der Waals surface area (Å²) in [5, 5.41) is 10.1. The van der Waals surface area contributed by atoms with Gasteiger partial charge in [-0.15, -0.1) is 0 Å². The Kier molecular flexibility index (Phi) is 9.56. The molecule has 1 saturated heterocycles. The van der Waals surface area contributed by atoms with E-state index in [4.69, 9.17) is 9.47 Å². The van der Waals surface area contributed by atoms with E-state index < -0.39 is 23.5 Å². The first-order valence-corrected chi connectivity index (χ1v) is 8.90. The lowest BCUT2D eigenvalue weighted by Gasteiger charge is -2.32. The highest BCUT2D eigenvalue weighted by molar-refractivity contribution is 9.10. The summed E-state index contributed by atoms with van der Waals surface area (Å²) in [6, 6.07) is 2.20. The van der Waals surface area contributed by atoms with Crippen LogP contribution in [0, 0.1) is 11.6 Å². The molecular weight excluding hydrogens is 438 g/mol. The van der Waals surface area contributed by atoms with Crippen LogP contribution in [0.3, 0.4) is 0 Å². The van der Waals surface area contributed by atoms with E-state index in [9.17, 15) is 18.7 Å². The van der Waals surface area contributed by atoms with Crippen LogP contribution in [-0.2, 0) is 4.74 Å². The van der Waals surface area contributed by atoms with Crippen molar-refractivity contribution in [3.63, 3.8) is 0 Å². The number of aliphatic hydroxyl groups excluding tert-OH is 1. The molecule has 1 atom stereocenters. The highest BCUT2D eigenvalue weighted by Gasteiger charge is 2.26. The lowest BCUT2D eigenvalue weighted by atomic mass is 10.2. The van der Waals surface area contributed by atoms with E-state index in [1.165, 1.54) is 0 Å². The van der Waals surface area contributed by atoms with Gasteiger partial charge in [0.15, 0.2) is 17.4 Å². The maximum atomic E-state index is 13.7. The topological polar surface area (TPSA) is 63.4 Å². The Bertz CT molecular complexity index is 581. The van der Waals surface area contributed by atoms with Crippen LogP contribution in [-0.4, -0.2) is 68.1 Å². The lowest BCUT2D eigenvalue weighted by Crippen LogP contribution is -3.16. The molecule has 1 aromatic carbocycles. The molecular formula is C16H22BrClF2N2O4. The third-order valence-electron chi connectivity index (χ3n) is 3.90. The van der Waals surface area contributed by atoms with Gasteiger partial charge in [-0.1, -0.05) is 15.9 Å². The Morgan fingerprint density at radius 1 is 1.35 bits per heavy atom. The molecule has 1 aliphatic rings. The lowest BCUT2D eigenvalue weighted by molar-refractivity contribution is -0.907. The summed E-state index contributed by atoms with van der Waals surface area (Å²) in [6.45, 7) is 4.66. The number of rotatable bonds is 6. The molecule has 1 fully saturated rings. The molecule has 1 aliphatic heterocycles. The Morgan fingerprint density at radius 2 is 1.92 bits per heavy atom. The molecule has 10 heteroatoms. The van der Waals surface area contributed by atoms with Gasteiger partial charge in [-0.05, 0) is 19.1 Å². The van der Waals surface area contributed by atoms with E-state index in [-0.39, 0.29) is 29.6 Å². The van der Waals surface area contributed by atoms with Crippen LogP contribution in [0.5, 0.6) is 5.75 Å². The Hall–Kier alpha value is -1.16. The molecule has 148 valence electrons. The molecule has 0 aromatic heterocycles. The smallest absolute Gasteiger partial charge is 0.410 e. The fraction of sp³-hybridized carbons (Fsp3) is 0.562. The van der Waals surface area contributed by atoms with E-state index in [1.54, 1.807) is 11.8 Å². The zero-order valence-electron chi connectivity index (χ0n) is 14.3. The van der Waals surface area contributed by atoms with Gasteiger partial charge < -0.3 is 31.9 Å². The number of aliphatic hydroxyl groups is 1. The number of amides is 1. The molecule has 1 aromatic rings. The van der Waals surface area contributed by atoms with Crippen molar-refractivity contribution in [3.8, 4) is 5.75 Å². The third kappa shape index (κ3) is 6.53. The van der Waals surface area contributed by atoms with Gasteiger partial charge in [-0.3, -0.25) is 4.90 Å². The van der Waals surface area contributed by atoms with Crippen molar-refractivity contribution in [2.45, 2.75) is 13.0 Å². The number of benzene rings is 1. The minimum Gasteiger partial charge on any atom is -1.00 e. The fourth-order valence-electron chi connectivity index (χ4n) is 2.66. The average molecular weight is 460 g/mol. The predicted octanol–water partition coefficient (Wildman–Crippen LogP) is -2.17. The van der Waals surface area contributed by atoms with Crippen LogP contribution in [0.2, 0.25) is 0 Å². The Balaban J connectivity index is 0.00000338. The number of hydrogen-bond donors (Lipinski definition) is 2. The van der Waals surface area contributed by atoms with E-state index >= 15 is 0 Å². The largest absolute Gasteiger partial charge is 1.00 e. The summed E-state index contributed by atoms with van der Waals surface area (Å²) in [6.07, 6.45) is -1.20. The molecule has 1 unspecified atom stereocenters. The van der Waals surface area contributed by atoms with Gasteiger partial charge in [0.25, 0.3) is 0 Å². The average Bonchev–Trinajstić information content (AvgIpc) is 2.54. The van der Waals surface area contributed by atoms with Gasteiger partial charge in [-0.25, -0.2) is 13.6 Å². The van der Waals surface area contributed by atoms with Crippen molar-refractivity contribution < 1.29 is 45.5 Å². The molecule has 1 heterocycles. The Morgan fingerprint density at radius 3 is 2.46 bits per heavy atom. The third-order valence-corrected chi connectivity index (χ3v) is 4.36. The summed E-state index contributed by atoms with van der Waals surface area (Å²) < 4.78 is 37.7. The molecule has 2 N–H and O–H groups in total. The first-order chi connectivity index (χ1) is 11.9. The standard InChI is InChI=1S/C16H21BrF2N2O4.ClH/c1-2-24-16(23)21-5-3-20(4-6-21)9-12(22)10-25-15-13(18)7-11(17)8-14(15)19;/h7-8,12,22H,2-6,9-10H2,1H3;1H. The molecule has 0 bridgehead atoms. The summed E-state index contributed by atoms with van der Waals surface area (Å²) in [5.74, 6) is -2.15. The van der Waals surface area contributed by atoms with Gasteiger partial charge in [0.05, 0.1) is 32.8 Å². The van der Waals surface area contributed by atoms with Crippen LogP contribution in [0.1, 0.15) is 6.92 Å². The quantitative estimate of drug-likeness (QED) is 0.508. The first kappa shape index (κ1) is 22.9. The van der Waals surface area contributed by atoms with E-state index in [0.29, 0.717) is 39.3 Å². The van der Waals surface area contributed by atoms with E-state index in [1.807, 2.05) is 0 Å². The minimum atomic E-state index is -0.869. The highest BCUT2D eigenvalue weighted by atomic mass is 79.9. The second-order valence-corrected chi connectivity index (χ2v) is 6.72. The normalized spacial score (nSPS) is 16.0. The van der Waals surface area contributed by atoms with Crippen molar-refractivity contribution in [1.29, 1.82) is 0 Å². The maximum absolute atomic E-state index is 13.7. The summed E-state index contributed by atoms with van der Waals surface area (Å²) in [4.78, 5) is 14.3. The number of carbonyl (C=O) groups excluding carboxylic acids is 1. The molecule has 1 amide bonds. The molecule has 6 nitrogen and oxygen atoms in total. The number of quaternary nitrogens is 1. The van der Waals surface area contributed by atoms with Crippen molar-refractivity contribution in [1.82, 2.24) is 4.90 Å². The number of nitrogens with one attached hydrogen (secondary N) is 1. The second-order valence-electron chi connectivity index (χ2n) is 5.80. The molecule has 0 aliphatic carbocycles. The number of ether oxygens (including phenoxy) is 2. The summed E-state index contributed by atoms with van der Waals surface area (Å²) in [7, 11) is 0. The fourth-order valence-corrected chi connectivity index (χ4v) is 3.06. The zero-order chi connectivity index (χ0) is 18.4. The van der Waals surface area contributed by atoms with Crippen molar-refractivity contribution in [2.24, 2.45) is 0 Å². The number of carbonyl (C=O) groups is 1. The highest BCUT2D eigenvalue weighted by Crippen LogP contribution is 2.25. The first-order valence-electron chi connectivity index (χ1n) is 8.11. The molecule has 0 spiro atoms. The van der Waals surface area contributed by atoms with E-state index in [2.05, 4.69) is 15.9 Å². The number of piperazine rings is 1. The van der Waals surface area contributed by atoms with Crippen LogP contribution >= 0.6 is 15.9 Å². The van der Waals surface area contributed by atoms with E-state index in [0.717, 1.165) is 17.0 Å². The summed E-state index contributed by atoms with van der Waals surface area (Å²) >= 11 is 2.99. The van der Waals surface area contributed by atoms with Crippen LogP contribution in [0.15, 0.2) is 16.6 Å². The molecule has 2 rings (SSSR count). The molecule has 26 heavy (non-hydrogen) atoms. The van der Waals surface area contributed by atoms with Crippen LogP contribution in [0.25, 0.3) is 0 Å². The Labute approximate surface area is 165 Å². The van der Waals surface area contributed by atoms with Gasteiger partial charge in [-0.2, -0.15) is 0 Å². The number of halogens is 4. The van der Waals surface area contributed by atoms with Crippen molar-refractivity contribution in [3.05, 3.63) is 28.2 Å². The monoisotopic (exact) mass is 458 g/mol. The van der Waals surface area contributed by atoms with Gasteiger partial charge >= 0.3 is 6.09 Å². The zero-order valence-corrected chi connectivity index (χ0v) is 16.7. The second kappa shape index (κ2) is 10.9. The SMILES string of the molecule is CCOC(=O)N1CC[NH+](CC(O)COc2c(F)cc(Br)cc2F)CC1.[Cl-]. The number of nitrogens with zero attached hydrogens (tertiary/aromatic N) is 1. The molecule has 0 saturated carbocycles. The molecule has 0 radical (unpaired) electrons. The number of hydrogen-bond acceptors (Lipinski definition) is 4. The maximum Gasteiger partial charge on any atom is 0.410 e. The summed E-state index contributed by atoms with van der Waals surface area (Å²) in [5.41, 5.74) is 0. The minimum absolute atomic E-state index is 0. The van der Waals surface area contributed by atoms with Crippen molar-refractivity contribution in [2.75, 3.05) is 45.9 Å². The van der Waals surface area contributed by atoms with Crippen LogP contribution in [0.4, 0.5) is 13.6 Å². The van der Waals surface area contributed by atoms with Gasteiger partial charge in [0, 0.05) is 4.47 Å². The predicted molar refractivity (Wildman–Crippen MR) is 89.7 cm³/mol. The van der Waals surface area contributed by atoms with Gasteiger partial charge in [0.1, 0.15) is 19.3 Å². The van der Waals surface area contributed by atoms with Crippen LogP contribution < -0.4 is 22.0 Å². The van der Waals surface area contributed by atoms with Crippen molar-refractivity contribution >= 4 is 22.0 Å². The van der Waals surface area contributed by atoms with Gasteiger partial charge in [0.2, 0.25) is 0 Å².